The molecule has 2 aromatic rings. The van der Waals surface area contributed by atoms with Crippen LogP contribution in [0.15, 0.2) is 48.6 Å². The summed E-state index contributed by atoms with van der Waals surface area (Å²) < 4.78 is 15.1. The molecule has 0 radical (unpaired) electrons. The first kappa shape index (κ1) is 27.2. The number of ether oxygens (including phenoxy) is 3. The van der Waals surface area contributed by atoms with Crippen molar-refractivity contribution in [2.24, 2.45) is 5.41 Å². The molecule has 186 valence electrons. The van der Waals surface area contributed by atoms with E-state index in [0.717, 1.165) is 0 Å². The number of methoxy groups -OCH3 is 2. The number of rotatable bonds is 12. The number of phenolic OH excluding ortho intramolecular Hbond substituents is 2. The zero-order valence-corrected chi connectivity index (χ0v) is 20.2. The van der Waals surface area contributed by atoms with Crippen LogP contribution in [0.4, 0.5) is 0 Å². The Morgan fingerprint density at radius 1 is 0.857 bits per heavy atom. The lowest BCUT2D eigenvalue weighted by molar-refractivity contribution is -0.144. The van der Waals surface area contributed by atoms with Crippen molar-refractivity contribution in [1.82, 2.24) is 0 Å². The summed E-state index contributed by atoms with van der Waals surface area (Å²) in [5, 5.41) is 19.5. The largest absolute Gasteiger partial charge is 0.504 e. The van der Waals surface area contributed by atoms with E-state index in [1.54, 1.807) is 31.2 Å². The van der Waals surface area contributed by atoms with Crippen LogP contribution < -0.4 is 9.47 Å². The van der Waals surface area contributed by atoms with Crippen molar-refractivity contribution in [3.05, 3.63) is 59.7 Å². The van der Waals surface area contributed by atoms with Gasteiger partial charge in [0.25, 0.3) is 0 Å². The number of ketones is 2. The van der Waals surface area contributed by atoms with Gasteiger partial charge in [0.05, 0.1) is 26.2 Å². The first-order valence-corrected chi connectivity index (χ1v) is 11.0. The molecule has 0 fully saturated rings. The van der Waals surface area contributed by atoms with Gasteiger partial charge in [-0.05, 0) is 67.8 Å². The second-order valence-electron chi connectivity index (χ2n) is 7.89. The predicted molar refractivity (Wildman–Crippen MR) is 131 cm³/mol. The molecule has 0 heterocycles. The van der Waals surface area contributed by atoms with Gasteiger partial charge >= 0.3 is 5.97 Å². The molecule has 0 aliphatic rings. The molecule has 0 spiro atoms. The predicted octanol–water partition coefficient (Wildman–Crippen LogP) is 4.33. The van der Waals surface area contributed by atoms with Gasteiger partial charge in [0, 0.05) is 6.42 Å². The molecule has 0 unspecified atom stereocenters. The first-order chi connectivity index (χ1) is 16.6. The lowest BCUT2D eigenvalue weighted by Gasteiger charge is -2.23. The van der Waals surface area contributed by atoms with Crippen LogP contribution in [0.2, 0.25) is 0 Å². The minimum absolute atomic E-state index is 0.0403. The third kappa shape index (κ3) is 7.20. The first-order valence-electron chi connectivity index (χ1n) is 11.0. The van der Waals surface area contributed by atoms with Crippen LogP contribution in [-0.4, -0.2) is 48.6 Å². The lowest BCUT2D eigenvalue weighted by Crippen LogP contribution is -2.35. The number of phenols is 2. The van der Waals surface area contributed by atoms with Crippen molar-refractivity contribution in [2.75, 3.05) is 20.8 Å². The van der Waals surface area contributed by atoms with Crippen molar-refractivity contribution < 1.29 is 38.8 Å². The van der Waals surface area contributed by atoms with Gasteiger partial charge in [0.15, 0.2) is 34.6 Å². The lowest BCUT2D eigenvalue weighted by atomic mass is 9.76. The van der Waals surface area contributed by atoms with E-state index in [4.69, 9.17) is 14.2 Å². The number of benzene rings is 2. The third-order valence-corrected chi connectivity index (χ3v) is 5.48. The zero-order chi connectivity index (χ0) is 26.0. The van der Waals surface area contributed by atoms with Gasteiger partial charge in [-0.25, -0.2) is 0 Å². The van der Waals surface area contributed by atoms with Crippen LogP contribution in [0.1, 0.15) is 37.8 Å². The second kappa shape index (κ2) is 12.4. The summed E-state index contributed by atoms with van der Waals surface area (Å²) in [6.07, 6.45) is 5.40. The molecule has 8 nitrogen and oxygen atoms in total. The summed E-state index contributed by atoms with van der Waals surface area (Å²) in [5.41, 5.74) is -0.359. The highest BCUT2D eigenvalue weighted by Crippen LogP contribution is 2.31. The molecule has 0 aliphatic carbocycles. The molecule has 0 bridgehead atoms. The van der Waals surface area contributed by atoms with Crippen LogP contribution in [-0.2, 0) is 19.1 Å². The fourth-order valence-electron chi connectivity index (χ4n) is 3.26. The van der Waals surface area contributed by atoms with Crippen molar-refractivity contribution in [2.45, 2.75) is 26.7 Å². The Hall–Kier alpha value is -4.07. The number of hydrogen-bond donors (Lipinski definition) is 2. The average molecular weight is 483 g/mol. The summed E-state index contributed by atoms with van der Waals surface area (Å²) in [5.74, 6) is -1.08. The standard InChI is InChI=1S/C27H30O8/c1-5-35-26(32)14-15-27(2,24(30)12-8-18-6-10-20(28)22(16-18)33-3)25(31)13-9-19-7-11-21(29)23(17-19)34-4/h6-13,16-17,28-29H,5,14-15H2,1-4H3/b12-8+,13-9+. The Balaban J connectivity index is 2.32. The summed E-state index contributed by atoms with van der Waals surface area (Å²) in [6.45, 7) is 3.36. The maximum absolute atomic E-state index is 13.2. The van der Waals surface area contributed by atoms with Gasteiger partial charge in [-0.15, -0.1) is 0 Å². The Morgan fingerprint density at radius 2 is 1.31 bits per heavy atom. The smallest absolute Gasteiger partial charge is 0.305 e. The van der Waals surface area contributed by atoms with E-state index in [1.165, 1.54) is 57.6 Å². The molecule has 2 aromatic carbocycles. The SMILES string of the molecule is CCOC(=O)CCC(C)(C(=O)/C=C/c1ccc(O)c(OC)c1)C(=O)/C=C/c1ccc(O)c(OC)c1. The molecular formula is C27H30O8. The van der Waals surface area contributed by atoms with Gasteiger partial charge in [0.2, 0.25) is 0 Å². The summed E-state index contributed by atoms with van der Waals surface area (Å²) in [7, 11) is 2.82. The fourth-order valence-corrected chi connectivity index (χ4v) is 3.26. The summed E-state index contributed by atoms with van der Waals surface area (Å²) in [6, 6.07) is 9.16. The van der Waals surface area contributed by atoms with Crippen molar-refractivity contribution in [3.8, 4) is 23.0 Å². The van der Waals surface area contributed by atoms with E-state index >= 15 is 0 Å². The van der Waals surface area contributed by atoms with E-state index < -0.39 is 23.0 Å². The molecule has 0 atom stereocenters. The van der Waals surface area contributed by atoms with Crippen LogP contribution in [0.3, 0.4) is 0 Å². The maximum Gasteiger partial charge on any atom is 0.305 e. The van der Waals surface area contributed by atoms with Gasteiger partial charge in [-0.3, -0.25) is 14.4 Å². The Bertz CT molecular complexity index is 1050. The van der Waals surface area contributed by atoms with E-state index in [9.17, 15) is 24.6 Å². The molecule has 0 saturated carbocycles. The molecule has 8 heteroatoms. The van der Waals surface area contributed by atoms with Crippen LogP contribution in [0, 0.1) is 5.41 Å². The molecule has 0 saturated heterocycles. The topological polar surface area (TPSA) is 119 Å². The normalized spacial score (nSPS) is 11.5. The molecule has 35 heavy (non-hydrogen) atoms. The highest BCUT2D eigenvalue weighted by Gasteiger charge is 2.38. The number of esters is 1. The highest BCUT2D eigenvalue weighted by molar-refractivity contribution is 6.17. The molecule has 0 aromatic heterocycles. The quantitative estimate of drug-likeness (QED) is 0.261. The van der Waals surface area contributed by atoms with Crippen molar-refractivity contribution in [1.29, 1.82) is 0 Å². The monoisotopic (exact) mass is 482 g/mol. The summed E-state index contributed by atoms with van der Waals surface area (Å²) >= 11 is 0. The number of carbonyl (C=O) groups excluding carboxylic acids is 3. The van der Waals surface area contributed by atoms with Crippen molar-refractivity contribution in [3.63, 3.8) is 0 Å². The van der Waals surface area contributed by atoms with Gasteiger partial charge in [0.1, 0.15) is 0 Å². The van der Waals surface area contributed by atoms with E-state index in [0.29, 0.717) is 11.1 Å². The number of aromatic hydroxyl groups is 2. The molecule has 0 amide bonds. The molecular weight excluding hydrogens is 452 g/mol. The average Bonchev–Trinajstić information content (AvgIpc) is 2.85. The molecule has 0 aliphatic heterocycles. The van der Waals surface area contributed by atoms with Gasteiger partial charge in [-0.2, -0.15) is 0 Å². The highest BCUT2D eigenvalue weighted by atomic mass is 16.5. The maximum atomic E-state index is 13.2. The molecule has 2 rings (SSSR count). The zero-order valence-electron chi connectivity index (χ0n) is 20.2. The fraction of sp³-hybridized carbons (Fsp3) is 0.296. The second-order valence-corrected chi connectivity index (χ2v) is 7.89. The minimum Gasteiger partial charge on any atom is -0.504 e. The van der Waals surface area contributed by atoms with Crippen LogP contribution in [0.25, 0.3) is 12.2 Å². The Labute approximate surface area is 204 Å². The van der Waals surface area contributed by atoms with E-state index in [2.05, 4.69) is 0 Å². The van der Waals surface area contributed by atoms with Gasteiger partial charge in [-0.1, -0.05) is 24.3 Å². The van der Waals surface area contributed by atoms with E-state index in [-0.39, 0.29) is 42.4 Å². The summed E-state index contributed by atoms with van der Waals surface area (Å²) in [4.78, 5) is 38.3. The number of carbonyl (C=O) groups is 3. The van der Waals surface area contributed by atoms with Crippen LogP contribution >= 0.6 is 0 Å². The van der Waals surface area contributed by atoms with Crippen LogP contribution in [0.5, 0.6) is 23.0 Å². The van der Waals surface area contributed by atoms with E-state index in [1.807, 2.05) is 0 Å². The minimum atomic E-state index is -1.53. The number of allylic oxidation sites excluding steroid dienone is 2. The Morgan fingerprint density at radius 3 is 1.71 bits per heavy atom. The van der Waals surface area contributed by atoms with Crippen molar-refractivity contribution >= 4 is 29.7 Å². The molecule has 2 N–H and O–H groups in total. The third-order valence-electron chi connectivity index (χ3n) is 5.48. The Kier molecular flexibility index (Phi) is 9.64. The van der Waals surface area contributed by atoms with Gasteiger partial charge < -0.3 is 24.4 Å². The number of hydrogen-bond acceptors (Lipinski definition) is 8.